The summed E-state index contributed by atoms with van der Waals surface area (Å²) in [7, 11) is 0. The number of hydrogen-bond donors (Lipinski definition) is 1. The summed E-state index contributed by atoms with van der Waals surface area (Å²) < 4.78 is 0.920. The molecule has 0 aliphatic rings. The summed E-state index contributed by atoms with van der Waals surface area (Å²) in [6, 6.07) is 14.7. The topological polar surface area (TPSA) is 52.9 Å². The molecule has 1 N–H and O–H groups in total. The van der Waals surface area contributed by atoms with E-state index < -0.39 is 0 Å². The van der Waals surface area contributed by atoms with Gasteiger partial charge in [0.1, 0.15) is 0 Å². The molecule has 0 aliphatic heterocycles. The van der Waals surface area contributed by atoms with E-state index >= 15 is 0 Å². The van der Waals surface area contributed by atoms with Crippen molar-refractivity contribution in [3.8, 4) is 6.07 Å². The molecule has 0 spiro atoms. The van der Waals surface area contributed by atoms with E-state index in [1.807, 2.05) is 31.2 Å². The van der Waals surface area contributed by atoms with Gasteiger partial charge >= 0.3 is 0 Å². The molecule has 0 saturated carbocycles. The van der Waals surface area contributed by atoms with Gasteiger partial charge in [0.2, 0.25) is 0 Å². The van der Waals surface area contributed by atoms with Crippen molar-refractivity contribution in [2.24, 2.45) is 0 Å². The first-order chi connectivity index (χ1) is 9.60. The first-order valence-corrected chi connectivity index (χ1v) is 6.93. The Labute approximate surface area is 126 Å². The Kier molecular flexibility index (Phi) is 4.54. The van der Waals surface area contributed by atoms with Crippen molar-refractivity contribution in [3.05, 3.63) is 69.2 Å². The van der Waals surface area contributed by atoms with E-state index in [2.05, 4.69) is 27.3 Å². The van der Waals surface area contributed by atoms with Crippen molar-refractivity contribution < 1.29 is 4.79 Å². The SMILES string of the molecule is Cc1ccc(C(=O)NCc2ccc(C#N)cc2)cc1Br. The third kappa shape index (κ3) is 3.46. The molecule has 20 heavy (non-hydrogen) atoms. The Bertz CT molecular complexity index is 672. The lowest BCUT2D eigenvalue weighted by Crippen LogP contribution is -2.22. The normalized spacial score (nSPS) is 9.85. The van der Waals surface area contributed by atoms with Gasteiger partial charge in [0.05, 0.1) is 11.6 Å². The van der Waals surface area contributed by atoms with Crippen LogP contribution in [0, 0.1) is 18.3 Å². The Morgan fingerprint density at radius 2 is 1.95 bits per heavy atom. The number of benzene rings is 2. The van der Waals surface area contributed by atoms with Crippen LogP contribution in [-0.2, 0) is 6.54 Å². The average Bonchev–Trinajstić information content (AvgIpc) is 2.48. The van der Waals surface area contributed by atoms with Gasteiger partial charge in [-0.15, -0.1) is 0 Å². The predicted octanol–water partition coefficient (Wildman–Crippen LogP) is 3.56. The predicted molar refractivity (Wildman–Crippen MR) is 81.2 cm³/mol. The summed E-state index contributed by atoms with van der Waals surface area (Å²) in [6.07, 6.45) is 0. The minimum Gasteiger partial charge on any atom is -0.348 e. The van der Waals surface area contributed by atoms with Gasteiger partial charge in [0.15, 0.2) is 0 Å². The number of hydrogen-bond acceptors (Lipinski definition) is 2. The molecule has 1 amide bonds. The summed E-state index contributed by atoms with van der Waals surface area (Å²) in [5, 5.41) is 11.6. The number of amides is 1. The Morgan fingerprint density at radius 3 is 2.55 bits per heavy atom. The van der Waals surface area contributed by atoms with Gasteiger partial charge in [-0.05, 0) is 42.3 Å². The molecule has 0 heterocycles. The Hall–Kier alpha value is -2.12. The van der Waals surface area contributed by atoms with E-state index in [1.54, 1.807) is 18.2 Å². The van der Waals surface area contributed by atoms with Crippen LogP contribution in [0.1, 0.15) is 27.0 Å². The molecular formula is C16H13BrN2O. The fourth-order valence-electron chi connectivity index (χ4n) is 1.72. The van der Waals surface area contributed by atoms with E-state index in [0.717, 1.165) is 15.6 Å². The van der Waals surface area contributed by atoms with Gasteiger partial charge in [-0.1, -0.05) is 34.1 Å². The van der Waals surface area contributed by atoms with Gasteiger partial charge in [-0.3, -0.25) is 4.79 Å². The maximum absolute atomic E-state index is 12.0. The zero-order chi connectivity index (χ0) is 14.5. The summed E-state index contributed by atoms with van der Waals surface area (Å²) >= 11 is 3.42. The first-order valence-electron chi connectivity index (χ1n) is 6.13. The van der Waals surface area contributed by atoms with Crippen LogP contribution in [0.4, 0.5) is 0 Å². The van der Waals surface area contributed by atoms with Crippen LogP contribution in [0.25, 0.3) is 0 Å². The molecule has 0 fully saturated rings. The number of halogens is 1. The second-order valence-corrected chi connectivity index (χ2v) is 5.31. The van der Waals surface area contributed by atoms with Gasteiger partial charge < -0.3 is 5.32 Å². The van der Waals surface area contributed by atoms with Crippen molar-refractivity contribution in [3.63, 3.8) is 0 Å². The number of nitriles is 1. The zero-order valence-corrected chi connectivity index (χ0v) is 12.6. The fourth-order valence-corrected chi connectivity index (χ4v) is 2.09. The van der Waals surface area contributed by atoms with Crippen LogP contribution in [0.5, 0.6) is 0 Å². The van der Waals surface area contributed by atoms with Crippen LogP contribution in [0.15, 0.2) is 46.9 Å². The summed E-state index contributed by atoms with van der Waals surface area (Å²) in [4.78, 5) is 12.0. The quantitative estimate of drug-likeness (QED) is 0.936. The molecule has 2 aromatic rings. The standard InChI is InChI=1S/C16H13BrN2O/c1-11-2-7-14(8-15(11)17)16(20)19-10-13-5-3-12(9-18)4-6-13/h2-8H,10H2,1H3,(H,19,20). The van der Waals surface area contributed by atoms with E-state index in [-0.39, 0.29) is 5.91 Å². The maximum Gasteiger partial charge on any atom is 0.251 e. The van der Waals surface area contributed by atoms with Crippen LogP contribution in [0.3, 0.4) is 0 Å². The van der Waals surface area contributed by atoms with Crippen molar-refractivity contribution in [2.45, 2.75) is 13.5 Å². The highest BCUT2D eigenvalue weighted by molar-refractivity contribution is 9.10. The molecule has 3 nitrogen and oxygen atoms in total. The van der Waals surface area contributed by atoms with Crippen molar-refractivity contribution in [1.29, 1.82) is 5.26 Å². The number of carbonyl (C=O) groups excluding carboxylic acids is 1. The number of nitrogens with zero attached hydrogens (tertiary/aromatic N) is 1. The van der Waals surface area contributed by atoms with Crippen LogP contribution in [-0.4, -0.2) is 5.91 Å². The Balaban J connectivity index is 2.01. The van der Waals surface area contributed by atoms with Crippen LogP contribution >= 0.6 is 15.9 Å². The van der Waals surface area contributed by atoms with Gasteiger partial charge in [0.25, 0.3) is 5.91 Å². The lowest BCUT2D eigenvalue weighted by atomic mass is 10.1. The van der Waals surface area contributed by atoms with E-state index in [1.165, 1.54) is 0 Å². The molecule has 0 radical (unpaired) electrons. The van der Waals surface area contributed by atoms with Gasteiger partial charge in [-0.2, -0.15) is 5.26 Å². The number of nitrogens with one attached hydrogen (secondary N) is 1. The first kappa shape index (κ1) is 14.3. The summed E-state index contributed by atoms with van der Waals surface area (Å²) in [6.45, 7) is 2.42. The highest BCUT2D eigenvalue weighted by atomic mass is 79.9. The monoisotopic (exact) mass is 328 g/mol. The molecule has 0 saturated heterocycles. The molecule has 0 bridgehead atoms. The van der Waals surface area contributed by atoms with Crippen LogP contribution < -0.4 is 5.32 Å². The highest BCUT2D eigenvalue weighted by Gasteiger charge is 2.06. The smallest absolute Gasteiger partial charge is 0.251 e. The highest BCUT2D eigenvalue weighted by Crippen LogP contribution is 2.17. The molecule has 0 unspecified atom stereocenters. The minimum absolute atomic E-state index is 0.116. The second kappa shape index (κ2) is 6.36. The van der Waals surface area contributed by atoms with E-state index in [0.29, 0.717) is 17.7 Å². The van der Waals surface area contributed by atoms with Gasteiger partial charge in [-0.25, -0.2) is 0 Å². The molecule has 0 aromatic heterocycles. The van der Waals surface area contributed by atoms with Crippen molar-refractivity contribution in [1.82, 2.24) is 5.32 Å². The fraction of sp³-hybridized carbons (Fsp3) is 0.125. The average molecular weight is 329 g/mol. The molecule has 2 aromatic carbocycles. The largest absolute Gasteiger partial charge is 0.348 e. The maximum atomic E-state index is 12.0. The molecule has 4 heteroatoms. The molecule has 2 rings (SSSR count). The second-order valence-electron chi connectivity index (χ2n) is 4.46. The molecule has 0 atom stereocenters. The van der Waals surface area contributed by atoms with Crippen molar-refractivity contribution >= 4 is 21.8 Å². The lowest BCUT2D eigenvalue weighted by Gasteiger charge is -2.07. The molecule has 0 aliphatic carbocycles. The molecular weight excluding hydrogens is 316 g/mol. The third-order valence-corrected chi connectivity index (χ3v) is 3.82. The summed E-state index contributed by atoms with van der Waals surface area (Å²) in [5.74, 6) is -0.116. The zero-order valence-electron chi connectivity index (χ0n) is 11.0. The number of rotatable bonds is 3. The molecule has 100 valence electrons. The third-order valence-electron chi connectivity index (χ3n) is 2.97. The Morgan fingerprint density at radius 1 is 1.25 bits per heavy atom. The van der Waals surface area contributed by atoms with Gasteiger partial charge in [0, 0.05) is 16.6 Å². The summed E-state index contributed by atoms with van der Waals surface area (Å²) in [5.41, 5.74) is 3.29. The number of carbonyl (C=O) groups is 1. The number of aryl methyl sites for hydroxylation is 1. The van der Waals surface area contributed by atoms with E-state index in [9.17, 15) is 4.79 Å². The van der Waals surface area contributed by atoms with Crippen molar-refractivity contribution in [2.75, 3.05) is 0 Å². The minimum atomic E-state index is -0.116. The van der Waals surface area contributed by atoms with Crippen LogP contribution in [0.2, 0.25) is 0 Å². The lowest BCUT2D eigenvalue weighted by molar-refractivity contribution is 0.0951. The van der Waals surface area contributed by atoms with E-state index in [4.69, 9.17) is 5.26 Å².